The monoisotopic (exact) mass is 295 g/mol. The van der Waals surface area contributed by atoms with Gasteiger partial charge in [-0.1, -0.05) is 0 Å². The normalized spacial score (nSPS) is 12.2. The number of rotatable bonds is 4. The number of aromatic nitrogens is 2. The maximum atomic E-state index is 5.25. The molecule has 0 amide bonds. The molecule has 0 saturated carbocycles. The highest BCUT2D eigenvalue weighted by Gasteiger charge is 2.07. The van der Waals surface area contributed by atoms with Crippen LogP contribution in [0.5, 0.6) is 5.75 Å². The van der Waals surface area contributed by atoms with E-state index in [1.165, 1.54) is 0 Å². The van der Waals surface area contributed by atoms with Gasteiger partial charge >= 0.3 is 0 Å². The molecule has 17 heavy (non-hydrogen) atoms. The summed E-state index contributed by atoms with van der Waals surface area (Å²) in [6.45, 7) is 2.08. The number of nitrogens with zero attached hydrogens (tertiary/aromatic N) is 1. The number of nitrogens with one attached hydrogen (secondary N) is 2. The Morgan fingerprint density at radius 1 is 1.47 bits per heavy atom. The van der Waals surface area contributed by atoms with Crippen molar-refractivity contribution < 1.29 is 4.74 Å². The van der Waals surface area contributed by atoms with Gasteiger partial charge in [-0.3, -0.25) is 5.10 Å². The Hall–Kier alpha value is -1.49. The number of ether oxygens (including phenoxy) is 1. The lowest BCUT2D eigenvalue weighted by Crippen LogP contribution is -2.05. The van der Waals surface area contributed by atoms with Gasteiger partial charge < -0.3 is 10.1 Å². The fraction of sp³-hybridized carbons (Fsp3) is 0.250. The quantitative estimate of drug-likeness (QED) is 0.909. The molecule has 2 aromatic rings. The van der Waals surface area contributed by atoms with Crippen LogP contribution in [0.3, 0.4) is 0 Å². The van der Waals surface area contributed by atoms with Crippen molar-refractivity contribution in [1.29, 1.82) is 0 Å². The van der Waals surface area contributed by atoms with Crippen LogP contribution in [0, 0.1) is 0 Å². The van der Waals surface area contributed by atoms with E-state index in [9.17, 15) is 0 Å². The summed E-state index contributed by atoms with van der Waals surface area (Å²) in [4.78, 5) is 0. The van der Waals surface area contributed by atoms with Crippen molar-refractivity contribution in [1.82, 2.24) is 10.2 Å². The topological polar surface area (TPSA) is 49.9 Å². The number of aromatic amines is 1. The van der Waals surface area contributed by atoms with Crippen LogP contribution in [-0.4, -0.2) is 17.3 Å². The van der Waals surface area contributed by atoms with Gasteiger partial charge in [0.1, 0.15) is 5.75 Å². The van der Waals surface area contributed by atoms with Gasteiger partial charge in [0, 0.05) is 23.5 Å². The standard InChI is InChI=1S/C12H14BrN3O/c1-8(9-6-14-15-7-9)16-10-3-4-11(13)12(5-10)17-2/h3-8,16H,1-2H3,(H,14,15). The second kappa shape index (κ2) is 5.23. The van der Waals surface area contributed by atoms with E-state index in [0.717, 1.165) is 21.5 Å². The van der Waals surface area contributed by atoms with Crippen LogP contribution in [0.4, 0.5) is 5.69 Å². The number of methoxy groups -OCH3 is 1. The molecule has 1 aromatic heterocycles. The smallest absolute Gasteiger partial charge is 0.135 e. The average Bonchev–Trinajstić information content (AvgIpc) is 2.85. The van der Waals surface area contributed by atoms with Crippen molar-refractivity contribution in [3.63, 3.8) is 0 Å². The molecule has 1 atom stereocenters. The first-order chi connectivity index (χ1) is 8.20. The molecule has 90 valence electrons. The van der Waals surface area contributed by atoms with Crippen LogP contribution in [-0.2, 0) is 0 Å². The predicted octanol–water partition coefficient (Wildman–Crippen LogP) is 3.35. The van der Waals surface area contributed by atoms with Crippen molar-refractivity contribution >= 4 is 21.6 Å². The van der Waals surface area contributed by atoms with E-state index in [2.05, 4.69) is 38.4 Å². The molecule has 0 fully saturated rings. The van der Waals surface area contributed by atoms with Crippen LogP contribution in [0.25, 0.3) is 0 Å². The lowest BCUT2D eigenvalue weighted by molar-refractivity contribution is 0.412. The van der Waals surface area contributed by atoms with E-state index in [1.54, 1.807) is 7.11 Å². The third-order valence-corrected chi connectivity index (χ3v) is 3.21. The van der Waals surface area contributed by atoms with Crippen molar-refractivity contribution in [2.75, 3.05) is 12.4 Å². The minimum Gasteiger partial charge on any atom is -0.495 e. The molecule has 0 spiro atoms. The molecule has 0 aliphatic heterocycles. The van der Waals surface area contributed by atoms with Gasteiger partial charge in [-0.05, 0) is 35.0 Å². The van der Waals surface area contributed by atoms with Gasteiger partial charge in [0.25, 0.3) is 0 Å². The summed E-state index contributed by atoms with van der Waals surface area (Å²) in [5.41, 5.74) is 2.13. The van der Waals surface area contributed by atoms with Crippen LogP contribution >= 0.6 is 15.9 Å². The molecule has 1 aromatic carbocycles. The molecule has 4 nitrogen and oxygen atoms in total. The van der Waals surface area contributed by atoms with Gasteiger partial charge in [-0.25, -0.2) is 0 Å². The van der Waals surface area contributed by atoms with Crippen molar-refractivity contribution in [3.05, 3.63) is 40.6 Å². The largest absolute Gasteiger partial charge is 0.495 e. The van der Waals surface area contributed by atoms with Gasteiger partial charge in [0.15, 0.2) is 0 Å². The number of benzene rings is 1. The summed E-state index contributed by atoms with van der Waals surface area (Å²) in [7, 11) is 1.66. The minimum atomic E-state index is 0.194. The molecular formula is C12H14BrN3O. The lowest BCUT2D eigenvalue weighted by atomic mass is 10.2. The average molecular weight is 296 g/mol. The predicted molar refractivity (Wildman–Crippen MR) is 71.3 cm³/mol. The highest BCUT2D eigenvalue weighted by atomic mass is 79.9. The Morgan fingerprint density at radius 3 is 2.94 bits per heavy atom. The molecule has 0 aliphatic rings. The van der Waals surface area contributed by atoms with Crippen LogP contribution in [0.1, 0.15) is 18.5 Å². The highest BCUT2D eigenvalue weighted by molar-refractivity contribution is 9.10. The lowest BCUT2D eigenvalue weighted by Gasteiger charge is -2.14. The molecule has 5 heteroatoms. The van der Waals surface area contributed by atoms with Gasteiger partial charge in [0.05, 0.1) is 23.8 Å². The maximum Gasteiger partial charge on any atom is 0.135 e. The number of anilines is 1. The molecule has 0 radical (unpaired) electrons. The van der Waals surface area contributed by atoms with E-state index >= 15 is 0 Å². The first kappa shape index (κ1) is 12.0. The summed E-state index contributed by atoms with van der Waals surface area (Å²) < 4.78 is 6.20. The first-order valence-electron chi connectivity index (χ1n) is 5.29. The van der Waals surface area contributed by atoms with Crippen LogP contribution in [0.15, 0.2) is 35.1 Å². The third-order valence-electron chi connectivity index (χ3n) is 2.55. The molecule has 0 saturated heterocycles. The Bertz CT molecular complexity index is 485. The second-order valence-corrected chi connectivity index (χ2v) is 4.60. The third kappa shape index (κ3) is 2.79. The van der Waals surface area contributed by atoms with Gasteiger partial charge in [-0.15, -0.1) is 0 Å². The summed E-state index contributed by atoms with van der Waals surface area (Å²) >= 11 is 3.43. The van der Waals surface area contributed by atoms with E-state index in [-0.39, 0.29) is 6.04 Å². The van der Waals surface area contributed by atoms with Crippen molar-refractivity contribution in [3.8, 4) is 5.75 Å². The summed E-state index contributed by atoms with van der Waals surface area (Å²) in [6, 6.07) is 6.12. The zero-order valence-corrected chi connectivity index (χ0v) is 11.3. The number of hydrogen-bond acceptors (Lipinski definition) is 3. The van der Waals surface area contributed by atoms with Gasteiger partial charge in [0.2, 0.25) is 0 Å². The van der Waals surface area contributed by atoms with E-state index in [4.69, 9.17) is 4.74 Å². The Balaban J connectivity index is 2.13. The van der Waals surface area contributed by atoms with E-state index in [1.807, 2.05) is 30.6 Å². The zero-order chi connectivity index (χ0) is 12.3. The first-order valence-corrected chi connectivity index (χ1v) is 6.08. The molecule has 0 bridgehead atoms. The van der Waals surface area contributed by atoms with Crippen molar-refractivity contribution in [2.45, 2.75) is 13.0 Å². The number of hydrogen-bond donors (Lipinski definition) is 2. The molecule has 1 unspecified atom stereocenters. The maximum absolute atomic E-state index is 5.25. The summed E-state index contributed by atoms with van der Waals surface area (Å²) in [6.07, 6.45) is 3.70. The summed E-state index contributed by atoms with van der Waals surface area (Å²) in [5, 5.41) is 10.1. The fourth-order valence-corrected chi connectivity index (χ4v) is 1.99. The molecule has 2 rings (SSSR count). The Kier molecular flexibility index (Phi) is 3.68. The minimum absolute atomic E-state index is 0.194. The van der Waals surface area contributed by atoms with Crippen LogP contribution in [0.2, 0.25) is 0 Å². The Morgan fingerprint density at radius 2 is 2.29 bits per heavy atom. The molecule has 1 heterocycles. The number of H-pyrrole nitrogens is 1. The fourth-order valence-electron chi connectivity index (χ4n) is 1.58. The Labute approximate surface area is 109 Å². The molecular weight excluding hydrogens is 282 g/mol. The van der Waals surface area contributed by atoms with E-state index < -0.39 is 0 Å². The highest BCUT2D eigenvalue weighted by Crippen LogP contribution is 2.29. The molecule has 0 aliphatic carbocycles. The van der Waals surface area contributed by atoms with Gasteiger partial charge in [-0.2, -0.15) is 5.10 Å². The van der Waals surface area contributed by atoms with Crippen LogP contribution < -0.4 is 10.1 Å². The zero-order valence-electron chi connectivity index (χ0n) is 9.70. The number of halogens is 1. The van der Waals surface area contributed by atoms with Crippen molar-refractivity contribution in [2.24, 2.45) is 0 Å². The SMILES string of the molecule is COc1cc(NC(C)c2cn[nH]c2)ccc1Br. The molecule has 2 N–H and O–H groups in total. The summed E-state index contributed by atoms with van der Waals surface area (Å²) in [5.74, 6) is 0.814. The second-order valence-electron chi connectivity index (χ2n) is 3.75. The van der Waals surface area contributed by atoms with E-state index in [0.29, 0.717) is 0 Å².